The molecule has 25 heavy (non-hydrogen) atoms. The lowest BCUT2D eigenvalue weighted by atomic mass is 9.90. The van der Waals surface area contributed by atoms with Gasteiger partial charge in [0.1, 0.15) is 0 Å². The van der Waals surface area contributed by atoms with E-state index in [-0.39, 0.29) is 36.3 Å². The number of nitrogens with two attached hydrogens (primary N) is 1. The molecule has 1 aromatic rings. The van der Waals surface area contributed by atoms with Crippen molar-refractivity contribution in [2.24, 2.45) is 11.1 Å². The summed E-state index contributed by atoms with van der Waals surface area (Å²) in [5.74, 6) is -0.0297. The van der Waals surface area contributed by atoms with Crippen LogP contribution in [0.15, 0.2) is 24.3 Å². The fraction of sp³-hybridized carbons (Fsp3) is 0.556. The number of urea groups is 1. The average Bonchev–Trinajstić information content (AvgIpc) is 3.02. The van der Waals surface area contributed by atoms with E-state index in [1.807, 2.05) is 12.1 Å². The third-order valence-corrected chi connectivity index (χ3v) is 5.21. The van der Waals surface area contributed by atoms with E-state index in [9.17, 15) is 9.59 Å². The molecule has 0 radical (unpaired) electrons. The lowest BCUT2D eigenvalue weighted by molar-refractivity contribution is -0.129. The molecule has 0 bridgehead atoms. The molecule has 2 aliphatic heterocycles. The van der Waals surface area contributed by atoms with Gasteiger partial charge in [0.05, 0.1) is 6.54 Å². The Morgan fingerprint density at radius 2 is 1.92 bits per heavy atom. The Bertz CT molecular complexity index is 639. The summed E-state index contributed by atoms with van der Waals surface area (Å²) < 4.78 is 0. The van der Waals surface area contributed by atoms with Crippen LogP contribution in [-0.2, 0) is 17.8 Å². The number of carbonyl (C=O) groups excluding carboxylic acids is 2. The molecule has 138 valence electrons. The highest BCUT2D eigenvalue weighted by Crippen LogP contribution is 2.28. The van der Waals surface area contributed by atoms with Gasteiger partial charge in [0, 0.05) is 26.2 Å². The van der Waals surface area contributed by atoms with Gasteiger partial charge in [0.25, 0.3) is 0 Å². The van der Waals surface area contributed by atoms with Crippen molar-refractivity contribution in [1.82, 2.24) is 15.1 Å². The molecular weight excluding hydrogens is 340 g/mol. The van der Waals surface area contributed by atoms with Gasteiger partial charge in [-0.05, 0) is 35.9 Å². The van der Waals surface area contributed by atoms with Crippen LogP contribution in [0.25, 0.3) is 0 Å². The van der Waals surface area contributed by atoms with E-state index in [0.717, 1.165) is 19.4 Å². The normalized spacial score (nSPS) is 22.2. The van der Waals surface area contributed by atoms with Crippen molar-refractivity contribution < 1.29 is 9.59 Å². The predicted molar refractivity (Wildman–Crippen MR) is 99.6 cm³/mol. The lowest BCUT2D eigenvalue weighted by Gasteiger charge is -2.29. The van der Waals surface area contributed by atoms with Gasteiger partial charge in [-0.2, -0.15) is 0 Å². The molecule has 3 rings (SSSR count). The van der Waals surface area contributed by atoms with Crippen LogP contribution in [0.5, 0.6) is 0 Å². The molecule has 0 aliphatic carbocycles. The number of nitrogens with zero attached hydrogens (tertiary/aromatic N) is 2. The first-order valence-electron chi connectivity index (χ1n) is 8.58. The molecule has 6 nitrogen and oxygen atoms in total. The summed E-state index contributed by atoms with van der Waals surface area (Å²) in [6, 6.07) is 8.01. The third kappa shape index (κ3) is 4.44. The number of carbonyl (C=O) groups is 2. The summed E-state index contributed by atoms with van der Waals surface area (Å²) in [4.78, 5) is 28.2. The maximum atomic E-state index is 12.3. The molecule has 2 heterocycles. The molecule has 3 amide bonds. The van der Waals surface area contributed by atoms with Crippen molar-refractivity contribution in [1.29, 1.82) is 0 Å². The number of benzene rings is 1. The summed E-state index contributed by atoms with van der Waals surface area (Å²) >= 11 is 0. The zero-order valence-corrected chi connectivity index (χ0v) is 15.5. The SMILES string of the molecule is CC1(CN)CCN(C(=O)CNC(=O)N2CCc3ccccc3C2)C1.Cl. The average molecular weight is 367 g/mol. The number of rotatable bonds is 3. The van der Waals surface area contributed by atoms with Gasteiger partial charge < -0.3 is 20.9 Å². The van der Waals surface area contributed by atoms with Crippen molar-refractivity contribution in [2.45, 2.75) is 26.3 Å². The van der Waals surface area contributed by atoms with E-state index < -0.39 is 0 Å². The molecule has 0 aromatic heterocycles. The highest BCUT2D eigenvalue weighted by Gasteiger charge is 2.34. The molecule has 0 saturated carbocycles. The summed E-state index contributed by atoms with van der Waals surface area (Å²) in [6.45, 7) is 5.42. The first-order chi connectivity index (χ1) is 11.5. The van der Waals surface area contributed by atoms with Gasteiger partial charge in [-0.15, -0.1) is 12.4 Å². The standard InChI is InChI=1S/C18H26N4O2.ClH/c1-18(12-19)7-9-22(13-18)16(23)10-20-17(24)21-8-6-14-4-2-3-5-15(14)11-21;/h2-5H,6-13,19H2,1H3,(H,20,24);1H. The van der Waals surface area contributed by atoms with Gasteiger partial charge >= 0.3 is 6.03 Å². The van der Waals surface area contributed by atoms with E-state index in [1.54, 1.807) is 9.80 Å². The van der Waals surface area contributed by atoms with Crippen molar-refractivity contribution in [3.63, 3.8) is 0 Å². The van der Waals surface area contributed by atoms with E-state index in [4.69, 9.17) is 5.73 Å². The summed E-state index contributed by atoms with van der Waals surface area (Å²) in [5, 5.41) is 2.77. The number of likely N-dealkylation sites (tertiary alicyclic amines) is 1. The maximum Gasteiger partial charge on any atom is 0.318 e. The molecule has 1 fully saturated rings. The number of hydrogen-bond acceptors (Lipinski definition) is 3. The molecule has 1 saturated heterocycles. The lowest BCUT2D eigenvalue weighted by Crippen LogP contribution is -2.47. The third-order valence-electron chi connectivity index (χ3n) is 5.21. The van der Waals surface area contributed by atoms with E-state index >= 15 is 0 Å². The van der Waals surface area contributed by atoms with Crippen LogP contribution in [-0.4, -0.2) is 54.5 Å². The number of nitrogens with one attached hydrogen (secondary N) is 1. The van der Waals surface area contributed by atoms with E-state index in [0.29, 0.717) is 26.2 Å². The van der Waals surface area contributed by atoms with Crippen molar-refractivity contribution >= 4 is 24.3 Å². The smallest absolute Gasteiger partial charge is 0.318 e. The van der Waals surface area contributed by atoms with Gasteiger partial charge in [-0.1, -0.05) is 31.2 Å². The predicted octanol–water partition coefficient (Wildman–Crippen LogP) is 1.37. The fourth-order valence-corrected chi connectivity index (χ4v) is 3.45. The first-order valence-corrected chi connectivity index (χ1v) is 8.58. The zero-order chi connectivity index (χ0) is 17.2. The van der Waals surface area contributed by atoms with Crippen LogP contribution in [0.1, 0.15) is 24.5 Å². The van der Waals surface area contributed by atoms with Gasteiger partial charge in [0.2, 0.25) is 5.91 Å². The Hall–Kier alpha value is -1.79. The zero-order valence-electron chi connectivity index (χ0n) is 14.7. The number of amides is 3. The van der Waals surface area contributed by atoms with Crippen molar-refractivity contribution in [2.75, 3.05) is 32.7 Å². The minimum atomic E-state index is -0.168. The summed E-state index contributed by atoms with van der Waals surface area (Å²) in [5.41, 5.74) is 8.27. The topological polar surface area (TPSA) is 78.7 Å². The summed E-state index contributed by atoms with van der Waals surface area (Å²) in [7, 11) is 0. The quantitative estimate of drug-likeness (QED) is 0.848. The minimum Gasteiger partial charge on any atom is -0.341 e. The molecule has 2 aliphatic rings. The monoisotopic (exact) mass is 366 g/mol. The van der Waals surface area contributed by atoms with Gasteiger partial charge in [-0.25, -0.2) is 4.79 Å². The fourth-order valence-electron chi connectivity index (χ4n) is 3.45. The molecule has 0 spiro atoms. The van der Waals surface area contributed by atoms with Crippen molar-refractivity contribution in [3.05, 3.63) is 35.4 Å². The van der Waals surface area contributed by atoms with Crippen LogP contribution in [0, 0.1) is 5.41 Å². The number of halogens is 1. The molecule has 1 aromatic carbocycles. The van der Waals surface area contributed by atoms with Crippen LogP contribution in [0.3, 0.4) is 0 Å². The number of fused-ring (bicyclic) bond motifs is 1. The molecule has 1 unspecified atom stereocenters. The molecule has 1 atom stereocenters. The van der Waals surface area contributed by atoms with Crippen LogP contribution < -0.4 is 11.1 Å². The Morgan fingerprint density at radius 3 is 2.60 bits per heavy atom. The van der Waals surface area contributed by atoms with Gasteiger partial charge in [0.15, 0.2) is 0 Å². The van der Waals surface area contributed by atoms with Crippen LogP contribution in [0.4, 0.5) is 4.79 Å². The number of hydrogen-bond donors (Lipinski definition) is 2. The van der Waals surface area contributed by atoms with E-state index in [1.165, 1.54) is 11.1 Å². The first kappa shape index (κ1) is 19.5. The minimum absolute atomic E-state index is 0. The second kappa shape index (κ2) is 8.06. The summed E-state index contributed by atoms with van der Waals surface area (Å²) in [6.07, 6.45) is 1.78. The van der Waals surface area contributed by atoms with Crippen molar-refractivity contribution in [3.8, 4) is 0 Å². The second-order valence-corrected chi connectivity index (χ2v) is 7.18. The highest BCUT2D eigenvalue weighted by molar-refractivity contribution is 5.85. The Kier molecular flexibility index (Phi) is 6.30. The maximum absolute atomic E-state index is 12.3. The highest BCUT2D eigenvalue weighted by atomic mass is 35.5. The molecular formula is C18H27ClN4O2. The Morgan fingerprint density at radius 1 is 1.20 bits per heavy atom. The second-order valence-electron chi connectivity index (χ2n) is 7.18. The Balaban J connectivity index is 0.00000225. The van der Waals surface area contributed by atoms with Gasteiger partial charge in [-0.3, -0.25) is 4.79 Å². The Labute approximate surface area is 155 Å². The van der Waals surface area contributed by atoms with E-state index in [2.05, 4.69) is 24.4 Å². The largest absolute Gasteiger partial charge is 0.341 e. The van der Waals surface area contributed by atoms with Crippen LogP contribution in [0.2, 0.25) is 0 Å². The molecule has 7 heteroatoms. The van der Waals surface area contributed by atoms with Crippen LogP contribution >= 0.6 is 12.4 Å². The molecule has 3 N–H and O–H groups in total.